The van der Waals surface area contributed by atoms with Gasteiger partial charge in [0.05, 0.1) is 5.69 Å². The van der Waals surface area contributed by atoms with Crippen molar-refractivity contribution in [3.05, 3.63) is 39.7 Å². The maximum atomic E-state index is 11.8. The number of aromatic amines is 1. The SMILES string of the molecule is CCc1cc(CC)n(-c2cc(=O)[nH]c(C3CC3)n2)n1. The molecule has 0 spiro atoms. The van der Waals surface area contributed by atoms with Gasteiger partial charge in [-0.25, -0.2) is 9.67 Å². The van der Waals surface area contributed by atoms with Gasteiger partial charge >= 0.3 is 0 Å². The Labute approximate surface area is 111 Å². The van der Waals surface area contributed by atoms with Crippen molar-refractivity contribution in [2.45, 2.75) is 45.4 Å². The van der Waals surface area contributed by atoms with Crippen LogP contribution in [-0.2, 0) is 12.8 Å². The van der Waals surface area contributed by atoms with Crippen LogP contribution in [0.3, 0.4) is 0 Å². The molecule has 0 amide bonds. The molecule has 100 valence electrons. The fraction of sp³-hybridized carbons (Fsp3) is 0.500. The third-order valence-corrected chi connectivity index (χ3v) is 3.49. The summed E-state index contributed by atoms with van der Waals surface area (Å²) in [5.41, 5.74) is 2.03. The monoisotopic (exact) mass is 258 g/mol. The van der Waals surface area contributed by atoms with Crippen LogP contribution in [0.5, 0.6) is 0 Å². The Bertz CT molecular complexity index is 652. The zero-order valence-corrected chi connectivity index (χ0v) is 11.3. The van der Waals surface area contributed by atoms with E-state index >= 15 is 0 Å². The summed E-state index contributed by atoms with van der Waals surface area (Å²) in [7, 11) is 0. The van der Waals surface area contributed by atoms with Crippen LogP contribution in [0.25, 0.3) is 5.82 Å². The molecule has 2 aromatic heterocycles. The second-order valence-corrected chi connectivity index (χ2v) is 5.01. The molecule has 1 aliphatic carbocycles. The molecule has 5 heteroatoms. The predicted octanol–water partition coefficient (Wildman–Crippen LogP) is 1.96. The lowest BCUT2D eigenvalue weighted by Gasteiger charge is -2.06. The van der Waals surface area contributed by atoms with E-state index in [9.17, 15) is 4.79 Å². The van der Waals surface area contributed by atoms with Crippen molar-refractivity contribution in [2.24, 2.45) is 0 Å². The molecule has 0 bridgehead atoms. The average molecular weight is 258 g/mol. The van der Waals surface area contributed by atoms with Crippen LogP contribution in [0, 0.1) is 0 Å². The van der Waals surface area contributed by atoms with Crippen molar-refractivity contribution in [1.82, 2.24) is 19.7 Å². The first-order valence-electron chi connectivity index (χ1n) is 6.90. The van der Waals surface area contributed by atoms with Gasteiger partial charge in [0.25, 0.3) is 5.56 Å². The lowest BCUT2D eigenvalue weighted by molar-refractivity contribution is 0.750. The molecule has 1 saturated carbocycles. The molecular formula is C14H18N4O. The Morgan fingerprint density at radius 2 is 2.11 bits per heavy atom. The second kappa shape index (κ2) is 4.64. The van der Waals surface area contributed by atoms with Crippen molar-refractivity contribution >= 4 is 0 Å². The molecule has 1 fully saturated rings. The topological polar surface area (TPSA) is 63.6 Å². The van der Waals surface area contributed by atoms with Gasteiger partial charge in [-0.1, -0.05) is 13.8 Å². The van der Waals surface area contributed by atoms with Gasteiger partial charge in [0.15, 0.2) is 5.82 Å². The number of H-pyrrole nitrogens is 1. The van der Waals surface area contributed by atoms with Gasteiger partial charge in [0.1, 0.15) is 5.82 Å². The maximum absolute atomic E-state index is 11.8. The molecule has 1 aliphatic rings. The summed E-state index contributed by atoms with van der Waals surface area (Å²) in [6.45, 7) is 4.16. The molecule has 19 heavy (non-hydrogen) atoms. The third kappa shape index (κ3) is 2.32. The molecule has 0 aliphatic heterocycles. The van der Waals surface area contributed by atoms with Gasteiger partial charge in [-0.2, -0.15) is 5.10 Å². The van der Waals surface area contributed by atoms with E-state index in [0.717, 1.165) is 42.9 Å². The summed E-state index contributed by atoms with van der Waals surface area (Å²) in [6, 6.07) is 3.61. The zero-order chi connectivity index (χ0) is 13.4. The Hall–Kier alpha value is -1.91. The van der Waals surface area contributed by atoms with E-state index in [1.54, 1.807) is 4.68 Å². The van der Waals surface area contributed by atoms with E-state index in [1.165, 1.54) is 6.07 Å². The fourth-order valence-electron chi connectivity index (χ4n) is 2.22. The lowest BCUT2D eigenvalue weighted by Crippen LogP contribution is -2.15. The molecular weight excluding hydrogens is 240 g/mol. The summed E-state index contributed by atoms with van der Waals surface area (Å²) in [5, 5.41) is 4.53. The highest BCUT2D eigenvalue weighted by atomic mass is 16.1. The predicted molar refractivity (Wildman–Crippen MR) is 72.7 cm³/mol. The summed E-state index contributed by atoms with van der Waals surface area (Å²) < 4.78 is 1.81. The first-order valence-corrected chi connectivity index (χ1v) is 6.90. The largest absolute Gasteiger partial charge is 0.310 e. The van der Waals surface area contributed by atoms with Gasteiger partial charge in [-0.05, 0) is 31.7 Å². The molecule has 2 heterocycles. The number of nitrogens with zero attached hydrogens (tertiary/aromatic N) is 3. The number of hydrogen-bond acceptors (Lipinski definition) is 3. The van der Waals surface area contributed by atoms with Gasteiger partial charge in [0.2, 0.25) is 0 Å². The zero-order valence-electron chi connectivity index (χ0n) is 11.3. The molecule has 0 aromatic carbocycles. The van der Waals surface area contributed by atoms with Gasteiger partial charge in [-0.3, -0.25) is 4.79 Å². The first-order chi connectivity index (χ1) is 9.21. The quantitative estimate of drug-likeness (QED) is 0.911. The first kappa shape index (κ1) is 12.1. The maximum Gasteiger partial charge on any atom is 0.253 e. The van der Waals surface area contributed by atoms with Crippen LogP contribution in [0.1, 0.15) is 49.8 Å². The Kier molecular flexibility index (Phi) is 2.97. The number of nitrogens with one attached hydrogen (secondary N) is 1. The van der Waals surface area contributed by atoms with Crippen LogP contribution >= 0.6 is 0 Å². The highest BCUT2D eigenvalue weighted by molar-refractivity contribution is 5.27. The standard InChI is InChI=1S/C14H18N4O/c1-3-10-7-11(4-2)18(17-10)12-8-13(19)16-14(15-12)9-5-6-9/h7-9H,3-6H2,1-2H3,(H,15,16,19). The molecule has 1 N–H and O–H groups in total. The number of aryl methyl sites for hydroxylation is 2. The average Bonchev–Trinajstić information content (AvgIpc) is 3.17. The van der Waals surface area contributed by atoms with Crippen LogP contribution in [0.2, 0.25) is 0 Å². The second-order valence-electron chi connectivity index (χ2n) is 5.01. The number of hydrogen-bond donors (Lipinski definition) is 1. The van der Waals surface area contributed by atoms with E-state index < -0.39 is 0 Å². The molecule has 2 aromatic rings. The summed E-state index contributed by atoms with van der Waals surface area (Å²) in [5.74, 6) is 1.87. The minimum Gasteiger partial charge on any atom is -0.310 e. The van der Waals surface area contributed by atoms with E-state index in [1.807, 2.05) is 0 Å². The van der Waals surface area contributed by atoms with Gasteiger partial charge in [0, 0.05) is 17.7 Å². The van der Waals surface area contributed by atoms with Crippen LogP contribution < -0.4 is 5.56 Å². The summed E-state index contributed by atoms with van der Waals surface area (Å²) in [4.78, 5) is 19.2. The summed E-state index contributed by atoms with van der Waals surface area (Å²) >= 11 is 0. The molecule has 0 atom stereocenters. The number of rotatable bonds is 4. The van der Waals surface area contributed by atoms with Crippen molar-refractivity contribution in [2.75, 3.05) is 0 Å². The minimum atomic E-state index is -0.0949. The molecule has 0 saturated heterocycles. The van der Waals surface area contributed by atoms with Crippen LogP contribution in [0.4, 0.5) is 0 Å². The van der Waals surface area contributed by atoms with Gasteiger partial charge in [-0.15, -0.1) is 0 Å². The third-order valence-electron chi connectivity index (χ3n) is 3.49. The molecule has 5 nitrogen and oxygen atoms in total. The van der Waals surface area contributed by atoms with Crippen molar-refractivity contribution < 1.29 is 0 Å². The Morgan fingerprint density at radius 3 is 2.74 bits per heavy atom. The van der Waals surface area contributed by atoms with Crippen molar-refractivity contribution in [1.29, 1.82) is 0 Å². The molecule has 0 radical (unpaired) electrons. The molecule has 3 rings (SSSR count). The van der Waals surface area contributed by atoms with Crippen molar-refractivity contribution in [3.63, 3.8) is 0 Å². The Balaban J connectivity index is 2.10. The highest BCUT2D eigenvalue weighted by Crippen LogP contribution is 2.37. The van der Waals surface area contributed by atoms with Gasteiger partial charge < -0.3 is 4.98 Å². The van der Waals surface area contributed by atoms with E-state index in [4.69, 9.17) is 0 Å². The normalized spacial score (nSPS) is 14.8. The smallest absolute Gasteiger partial charge is 0.253 e. The Morgan fingerprint density at radius 1 is 1.32 bits per heavy atom. The fourth-order valence-corrected chi connectivity index (χ4v) is 2.22. The van der Waals surface area contributed by atoms with E-state index in [0.29, 0.717) is 11.7 Å². The highest BCUT2D eigenvalue weighted by Gasteiger charge is 2.26. The lowest BCUT2D eigenvalue weighted by atomic mass is 10.2. The van der Waals surface area contributed by atoms with E-state index in [-0.39, 0.29) is 5.56 Å². The van der Waals surface area contributed by atoms with E-state index in [2.05, 4.69) is 35.0 Å². The summed E-state index contributed by atoms with van der Waals surface area (Å²) in [6.07, 6.45) is 4.00. The minimum absolute atomic E-state index is 0.0949. The van der Waals surface area contributed by atoms with Crippen molar-refractivity contribution in [3.8, 4) is 5.82 Å². The van der Waals surface area contributed by atoms with Crippen LogP contribution in [-0.4, -0.2) is 19.7 Å². The molecule has 0 unspecified atom stereocenters. The number of aromatic nitrogens is 4. The van der Waals surface area contributed by atoms with Crippen LogP contribution in [0.15, 0.2) is 16.9 Å².